The van der Waals surface area contributed by atoms with Crippen molar-refractivity contribution in [2.45, 2.75) is 43.2 Å². The van der Waals surface area contributed by atoms with Crippen LogP contribution in [0.5, 0.6) is 0 Å². The maximum atomic E-state index is 10.4. The van der Waals surface area contributed by atoms with Crippen LogP contribution in [0.4, 0.5) is 5.95 Å². The Bertz CT molecular complexity index is 742. The Morgan fingerprint density at radius 2 is 2.16 bits per heavy atom. The Morgan fingerprint density at radius 1 is 1.36 bits per heavy atom. The summed E-state index contributed by atoms with van der Waals surface area (Å²) in [4.78, 5) is 15.2. The zero-order chi connectivity index (χ0) is 16.8. The van der Waals surface area contributed by atoms with Gasteiger partial charge in [0.1, 0.15) is 12.1 Å². The number of aliphatic hydroxyl groups is 2. The molecular formula is C15H22N7O2Y-. The average Bonchev–Trinajstić information content (AvgIpc) is 3.26. The van der Waals surface area contributed by atoms with Gasteiger partial charge in [0, 0.05) is 69.0 Å². The molecule has 4 rings (SSSR count). The number of hydrogen-bond donors (Lipinski definition) is 4. The summed E-state index contributed by atoms with van der Waals surface area (Å²) in [5.74, 6) is 0.579. The van der Waals surface area contributed by atoms with Crippen molar-refractivity contribution in [3.8, 4) is 0 Å². The molecule has 2 fully saturated rings. The number of anilines is 1. The molecule has 0 bridgehead atoms. The molecule has 1 radical (unpaired) electrons. The van der Waals surface area contributed by atoms with Gasteiger partial charge in [0.2, 0.25) is 0 Å². The smallest absolute Gasteiger partial charge is 0.110 e. The van der Waals surface area contributed by atoms with Gasteiger partial charge in [0.25, 0.3) is 0 Å². The topological polar surface area (TPSA) is 125 Å². The number of rotatable bonds is 3. The van der Waals surface area contributed by atoms with Gasteiger partial charge in [-0.25, -0.2) is 0 Å². The monoisotopic (exact) mass is 421 g/mol. The molecule has 1 unspecified atom stereocenters. The molecule has 133 valence electrons. The first-order valence-corrected chi connectivity index (χ1v) is 8.24. The van der Waals surface area contributed by atoms with Crippen LogP contribution in [0.15, 0.2) is 6.33 Å². The van der Waals surface area contributed by atoms with E-state index in [2.05, 4.69) is 26.5 Å². The summed E-state index contributed by atoms with van der Waals surface area (Å²) in [6, 6.07) is -0.318. The number of hydrogen-bond acceptors (Lipinski definition) is 8. The zero-order valence-corrected chi connectivity index (χ0v) is 16.9. The van der Waals surface area contributed by atoms with E-state index in [0.717, 1.165) is 19.5 Å². The summed E-state index contributed by atoms with van der Waals surface area (Å²) in [6.45, 7) is 1.54. The zero-order valence-electron chi connectivity index (χ0n) is 14.1. The summed E-state index contributed by atoms with van der Waals surface area (Å²) in [7, 11) is 1.78. The standard InChI is InChI=1S/C15H22N7O2.Y/c1-17-9-4-11(13(24)12(9)23)22-7-19-10-5-18-15(20-14(10)22)21-3-2-8(16)6-21;/h7-9,11-13,17,23-24H,2-4,6,16H2,1H3;/q-1;/t8?,9-,11+,12-,13+;/m0./s1. The van der Waals surface area contributed by atoms with Crippen LogP contribution in [-0.2, 0) is 32.7 Å². The van der Waals surface area contributed by atoms with Crippen LogP contribution < -0.4 is 16.0 Å². The van der Waals surface area contributed by atoms with E-state index in [1.54, 1.807) is 13.4 Å². The van der Waals surface area contributed by atoms with E-state index < -0.39 is 12.2 Å². The summed E-state index contributed by atoms with van der Waals surface area (Å²) in [5, 5.41) is 23.6. The quantitative estimate of drug-likeness (QED) is 0.438. The second-order valence-electron chi connectivity index (χ2n) is 6.63. The van der Waals surface area contributed by atoms with Gasteiger partial charge in [-0.2, -0.15) is 0 Å². The number of nitrogens with one attached hydrogen (secondary N) is 1. The fourth-order valence-corrected chi connectivity index (χ4v) is 3.69. The van der Waals surface area contributed by atoms with E-state index in [-0.39, 0.29) is 50.8 Å². The first-order chi connectivity index (χ1) is 11.6. The molecule has 0 aromatic carbocycles. The maximum absolute atomic E-state index is 10.4. The average molecular weight is 421 g/mol. The number of nitrogens with two attached hydrogens (primary N) is 1. The number of likely N-dealkylation sites (N-methyl/N-ethyl adjacent to an activating group) is 1. The number of aromatic nitrogens is 4. The Morgan fingerprint density at radius 3 is 2.80 bits per heavy atom. The summed E-state index contributed by atoms with van der Waals surface area (Å²) in [5.41, 5.74) is 7.13. The van der Waals surface area contributed by atoms with Crippen molar-refractivity contribution >= 4 is 17.1 Å². The SMILES string of the molecule is CN[C@H]1C[C@@H](n2cnc3[c-]nc(N4CCC(N)C4)nc32)[C@@H](O)[C@H]1O.[Y]. The second kappa shape index (κ2) is 7.50. The van der Waals surface area contributed by atoms with Crippen LogP contribution in [0.25, 0.3) is 11.2 Å². The third-order valence-electron chi connectivity index (χ3n) is 5.12. The van der Waals surface area contributed by atoms with Gasteiger partial charge in [0.15, 0.2) is 0 Å². The molecule has 25 heavy (non-hydrogen) atoms. The van der Waals surface area contributed by atoms with Gasteiger partial charge < -0.3 is 40.7 Å². The van der Waals surface area contributed by atoms with Crippen molar-refractivity contribution in [1.82, 2.24) is 24.8 Å². The molecule has 1 aliphatic carbocycles. The normalized spacial score (nSPS) is 32.3. The first kappa shape index (κ1) is 19.1. The van der Waals surface area contributed by atoms with Gasteiger partial charge in [0.05, 0.1) is 18.5 Å². The molecule has 9 nitrogen and oxygen atoms in total. The molecule has 2 aromatic heterocycles. The van der Waals surface area contributed by atoms with Gasteiger partial charge >= 0.3 is 0 Å². The Balaban J connectivity index is 0.00000182. The van der Waals surface area contributed by atoms with E-state index in [4.69, 9.17) is 5.73 Å². The van der Waals surface area contributed by atoms with Crippen molar-refractivity contribution in [1.29, 1.82) is 0 Å². The van der Waals surface area contributed by atoms with Crippen LogP contribution in [0.3, 0.4) is 0 Å². The predicted molar refractivity (Wildman–Crippen MR) is 87.5 cm³/mol. The van der Waals surface area contributed by atoms with Crippen molar-refractivity contribution < 1.29 is 42.9 Å². The van der Waals surface area contributed by atoms with Gasteiger partial charge in [-0.05, 0) is 26.1 Å². The largest absolute Gasteiger partial charge is 0.392 e. The summed E-state index contributed by atoms with van der Waals surface area (Å²) in [6.07, 6.45) is 4.37. The van der Waals surface area contributed by atoms with Crippen molar-refractivity contribution in [2.75, 3.05) is 25.0 Å². The molecule has 10 heteroatoms. The molecule has 0 amide bonds. The number of imidazole rings is 1. The van der Waals surface area contributed by atoms with Crippen LogP contribution in [-0.4, -0.2) is 74.2 Å². The molecule has 3 heterocycles. The van der Waals surface area contributed by atoms with E-state index in [0.29, 0.717) is 23.5 Å². The molecule has 2 aromatic rings. The molecule has 5 N–H and O–H groups in total. The van der Waals surface area contributed by atoms with Crippen LogP contribution in [0.1, 0.15) is 18.9 Å². The van der Waals surface area contributed by atoms with Crippen LogP contribution in [0, 0.1) is 6.20 Å². The van der Waals surface area contributed by atoms with Gasteiger partial charge in [-0.3, -0.25) is 4.98 Å². The minimum atomic E-state index is -0.876. The maximum Gasteiger partial charge on any atom is 0.110 e. The van der Waals surface area contributed by atoms with Crippen molar-refractivity contribution in [3.05, 3.63) is 12.5 Å². The Hall–Kier alpha value is -0.706. The Labute approximate surface area is 170 Å². The number of nitrogens with zero attached hydrogens (tertiary/aromatic N) is 5. The van der Waals surface area contributed by atoms with E-state index in [9.17, 15) is 10.2 Å². The third-order valence-corrected chi connectivity index (χ3v) is 5.12. The third kappa shape index (κ3) is 3.33. The number of fused-ring (bicyclic) bond motifs is 1. The van der Waals surface area contributed by atoms with Crippen LogP contribution in [0.2, 0.25) is 0 Å². The summed E-state index contributed by atoms with van der Waals surface area (Å²) < 4.78 is 1.82. The van der Waals surface area contributed by atoms with Crippen molar-refractivity contribution in [2.24, 2.45) is 5.73 Å². The van der Waals surface area contributed by atoms with E-state index in [1.165, 1.54) is 0 Å². The molecule has 1 saturated heterocycles. The number of aliphatic hydroxyl groups excluding tert-OH is 2. The molecule has 5 atom stereocenters. The minimum absolute atomic E-state index is 0. The summed E-state index contributed by atoms with van der Waals surface area (Å²) >= 11 is 0. The molecular weight excluding hydrogens is 399 g/mol. The van der Waals surface area contributed by atoms with Gasteiger partial charge in [-0.1, -0.05) is 0 Å². The van der Waals surface area contributed by atoms with Gasteiger partial charge in [-0.15, -0.1) is 0 Å². The van der Waals surface area contributed by atoms with E-state index >= 15 is 0 Å². The molecule has 0 spiro atoms. The predicted octanol–water partition coefficient (Wildman–Crippen LogP) is -1.58. The minimum Gasteiger partial charge on any atom is -0.392 e. The molecule has 2 aliphatic rings. The Kier molecular flexibility index (Phi) is 5.72. The van der Waals surface area contributed by atoms with Crippen LogP contribution >= 0.6 is 0 Å². The first-order valence-electron chi connectivity index (χ1n) is 8.24. The fourth-order valence-electron chi connectivity index (χ4n) is 3.69. The molecule has 1 aliphatic heterocycles. The second-order valence-corrected chi connectivity index (χ2v) is 6.63. The van der Waals surface area contributed by atoms with E-state index in [1.807, 2.05) is 9.47 Å². The molecule has 1 saturated carbocycles. The van der Waals surface area contributed by atoms with Crippen molar-refractivity contribution in [3.63, 3.8) is 0 Å². The fraction of sp³-hybridized carbons (Fsp3) is 0.667.